The van der Waals surface area contributed by atoms with Gasteiger partial charge in [-0.25, -0.2) is 0 Å². The van der Waals surface area contributed by atoms with Crippen LogP contribution in [0.15, 0.2) is 16.1 Å². The maximum absolute atomic E-state index is 3.92. The minimum absolute atomic E-state index is 0.497. The smallest absolute Gasteiger partial charge is 0.0484 e. The van der Waals surface area contributed by atoms with Crippen molar-refractivity contribution in [3.05, 3.63) is 11.1 Å². The molecule has 0 heterocycles. The monoisotopic (exact) mass is 201 g/mol. The van der Waals surface area contributed by atoms with Crippen LogP contribution in [0, 0.1) is 5.92 Å². The third kappa shape index (κ3) is 11.8. The second-order valence-electron chi connectivity index (χ2n) is 3.02. The minimum Gasteiger partial charge on any atom is -0.268 e. The van der Waals surface area contributed by atoms with Crippen LogP contribution < -0.4 is 0 Å². The van der Waals surface area contributed by atoms with Gasteiger partial charge in [0.05, 0.1) is 0 Å². The van der Waals surface area contributed by atoms with Gasteiger partial charge in [-0.05, 0) is 23.8 Å². The topological polar surface area (TPSA) is 12.4 Å². The van der Waals surface area contributed by atoms with E-state index in [0.717, 1.165) is 11.4 Å². The predicted molar refractivity (Wildman–Crippen MR) is 66.6 cm³/mol. The largest absolute Gasteiger partial charge is 0.268 e. The molecule has 0 unspecified atom stereocenters. The lowest BCUT2D eigenvalue weighted by atomic mass is 10.2. The number of aliphatic imine (C=N–C) groups is 1. The molecule has 0 N–H and O–H groups in total. The second-order valence-corrected chi connectivity index (χ2v) is 4.16. The first-order valence-electron chi connectivity index (χ1n) is 4.92. The van der Waals surface area contributed by atoms with Crippen LogP contribution in [0.4, 0.5) is 0 Å². The van der Waals surface area contributed by atoms with Crippen LogP contribution in [-0.2, 0) is 0 Å². The number of allylic oxidation sites excluding steroid dienone is 1. The molecule has 0 radical (unpaired) electrons. The van der Waals surface area contributed by atoms with Gasteiger partial charge in [0.2, 0.25) is 0 Å². The second kappa shape index (κ2) is 11.8. The Hall–Kier alpha value is -0.240. The molecular weight excluding hydrogens is 178 g/mol. The van der Waals surface area contributed by atoms with Gasteiger partial charge in [-0.2, -0.15) is 0 Å². The lowest BCUT2D eigenvalue weighted by molar-refractivity contribution is 0.763. The third-order valence-electron chi connectivity index (χ3n) is 1.14. The maximum Gasteiger partial charge on any atom is 0.0484 e. The average molecular weight is 201 g/mol. The van der Waals surface area contributed by atoms with Crippen molar-refractivity contribution < 1.29 is 0 Å². The fraction of sp³-hybridized carbons (Fsp3) is 0.727. The summed E-state index contributed by atoms with van der Waals surface area (Å²) in [5.41, 5.74) is 1.09. The first kappa shape index (κ1) is 15.2. The van der Waals surface area contributed by atoms with Gasteiger partial charge in [0.15, 0.2) is 0 Å². The van der Waals surface area contributed by atoms with E-state index < -0.39 is 0 Å². The highest BCUT2D eigenvalue weighted by Gasteiger charge is 1.97. The van der Waals surface area contributed by atoms with Crippen molar-refractivity contribution in [2.75, 3.05) is 5.75 Å². The van der Waals surface area contributed by atoms with Gasteiger partial charge >= 0.3 is 0 Å². The van der Waals surface area contributed by atoms with Gasteiger partial charge in [-0.15, -0.1) is 11.8 Å². The van der Waals surface area contributed by atoms with Crippen molar-refractivity contribution >= 4 is 18.5 Å². The molecule has 0 fully saturated rings. The Balaban J connectivity index is 0. The number of hydrogen-bond donors (Lipinski definition) is 0. The molecule has 0 bridgehead atoms. The molecule has 0 atom stereocenters. The average Bonchev–Trinajstić information content (AvgIpc) is 2.06. The van der Waals surface area contributed by atoms with E-state index in [0.29, 0.717) is 5.92 Å². The summed E-state index contributed by atoms with van der Waals surface area (Å²) in [6.07, 6.45) is 1.25. The van der Waals surface area contributed by atoms with Crippen molar-refractivity contribution in [2.45, 2.75) is 41.0 Å². The van der Waals surface area contributed by atoms with Crippen molar-refractivity contribution in [1.29, 1.82) is 0 Å². The highest BCUT2D eigenvalue weighted by Crippen LogP contribution is 2.15. The van der Waals surface area contributed by atoms with E-state index >= 15 is 0 Å². The highest BCUT2D eigenvalue weighted by molar-refractivity contribution is 8.02. The first-order valence-corrected chi connectivity index (χ1v) is 5.97. The summed E-state index contributed by atoms with van der Waals surface area (Å²) in [4.78, 5) is 3.92. The van der Waals surface area contributed by atoms with Crippen LogP contribution in [0.5, 0.6) is 0 Å². The van der Waals surface area contributed by atoms with Crippen LogP contribution >= 0.6 is 11.8 Å². The standard InChI is InChI=1S/C8H15NS.C3H8/c1-5-10-6-8(9-4)7(2)3;1-3-2/h6-7H,4-5H2,1-3H3;3H2,1-2H3/b8-6-;. The summed E-state index contributed by atoms with van der Waals surface area (Å²) in [7, 11) is 0. The normalized spacial score (nSPS) is 10.8. The predicted octanol–water partition coefficient (Wildman–Crippen LogP) is 4.35. The number of hydrogen-bond acceptors (Lipinski definition) is 2. The summed E-state index contributed by atoms with van der Waals surface area (Å²) in [6.45, 7) is 14.1. The molecule has 0 aromatic carbocycles. The van der Waals surface area contributed by atoms with E-state index in [2.05, 4.69) is 51.7 Å². The lowest BCUT2D eigenvalue weighted by Crippen LogP contribution is -1.88. The van der Waals surface area contributed by atoms with Crippen LogP contribution in [0.1, 0.15) is 41.0 Å². The van der Waals surface area contributed by atoms with Gasteiger partial charge in [-0.3, -0.25) is 4.99 Å². The zero-order valence-electron chi connectivity index (χ0n) is 9.63. The zero-order valence-corrected chi connectivity index (χ0v) is 10.4. The van der Waals surface area contributed by atoms with E-state index in [9.17, 15) is 0 Å². The van der Waals surface area contributed by atoms with Crippen LogP contribution in [0.25, 0.3) is 0 Å². The quantitative estimate of drug-likeness (QED) is 0.616. The van der Waals surface area contributed by atoms with Crippen molar-refractivity contribution in [2.24, 2.45) is 10.9 Å². The summed E-state index contributed by atoms with van der Waals surface area (Å²) in [5, 5.41) is 2.08. The Morgan fingerprint density at radius 2 is 1.85 bits per heavy atom. The molecule has 0 saturated carbocycles. The SMILES string of the molecule is C=N/C(=C\SCC)C(C)C.CCC. The van der Waals surface area contributed by atoms with Crippen LogP contribution in [-0.4, -0.2) is 12.5 Å². The van der Waals surface area contributed by atoms with E-state index in [-0.39, 0.29) is 0 Å². The molecule has 0 aromatic heterocycles. The Bertz CT molecular complexity index is 139. The van der Waals surface area contributed by atoms with E-state index in [1.165, 1.54) is 6.42 Å². The van der Waals surface area contributed by atoms with Gasteiger partial charge in [-0.1, -0.05) is 41.0 Å². The van der Waals surface area contributed by atoms with Crippen molar-refractivity contribution in [3.8, 4) is 0 Å². The molecule has 1 nitrogen and oxygen atoms in total. The van der Waals surface area contributed by atoms with Gasteiger partial charge in [0.1, 0.15) is 0 Å². The number of rotatable bonds is 4. The molecule has 0 aliphatic rings. The summed E-state index contributed by atoms with van der Waals surface area (Å²) in [5.74, 6) is 1.60. The number of thioether (sulfide) groups is 1. The molecule has 0 aromatic rings. The lowest BCUT2D eigenvalue weighted by Gasteiger charge is -2.02. The van der Waals surface area contributed by atoms with Crippen LogP contribution in [0.2, 0.25) is 0 Å². The Kier molecular flexibility index (Phi) is 13.8. The van der Waals surface area contributed by atoms with E-state index in [1.54, 1.807) is 11.8 Å². The zero-order chi connectivity index (χ0) is 10.7. The maximum atomic E-state index is 3.92. The Labute approximate surface area is 87.7 Å². The third-order valence-corrected chi connectivity index (χ3v) is 1.89. The minimum atomic E-state index is 0.497. The molecule has 0 spiro atoms. The summed E-state index contributed by atoms with van der Waals surface area (Å²) < 4.78 is 0. The Morgan fingerprint density at radius 1 is 1.38 bits per heavy atom. The van der Waals surface area contributed by atoms with Crippen LogP contribution in [0.3, 0.4) is 0 Å². The van der Waals surface area contributed by atoms with Gasteiger partial charge < -0.3 is 0 Å². The molecule has 0 saturated heterocycles. The fourth-order valence-corrected chi connectivity index (χ4v) is 1.21. The summed E-state index contributed by atoms with van der Waals surface area (Å²) >= 11 is 1.77. The molecule has 0 aliphatic heterocycles. The molecule has 0 aliphatic carbocycles. The first-order chi connectivity index (χ1) is 6.13. The van der Waals surface area contributed by atoms with Gasteiger partial charge in [0.25, 0.3) is 0 Å². The van der Waals surface area contributed by atoms with E-state index in [1.807, 2.05) is 0 Å². The highest BCUT2D eigenvalue weighted by atomic mass is 32.2. The van der Waals surface area contributed by atoms with Crippen molar-refractivity contribution in [3.63, 3.8) is 0 Å². The van der Waals surface area contributed by atoms with E-state index in [4.69, 9.17) is 0 Å². The molecule has 0 rings (SSSR count). The molecule has 2 heteroatoms. The Morgan fingerprint density at radius 3 is 2.08 bits per heavy atom. The molecule has 78 valence electrons. The number of nitrogens with zero attached hydrogens (tertiary/aromatic N) is 1. The van der Waals surface area contributed by atoms with Gasteiger partial charge in [0, 0.05) is 5.70 Å². The molecule has 13 heavy (non-hydrogen) atoms. The fourth-order valence-electron chi connectivity index (χ4n) is 0.525. The molecule has 0 amide bonds. The summed E-state index contributed by atoms with van der Waals surface area (Å²) in [6, 6.07) is 0. The molecular formula is C11H23NS. The van der Waals surface area contributed by atoms with Crippen molar-refractivity contribution in [1.82, 2.24) is 0 Å².